The Bertz CT molecular complexity index is 556. The van der Waals surface area contributed by atoms with Gasteiger partial charge in [-0.2, -0.15) is 0 Å². The number of aromatic carboxylic acids is 1. The van der Waals surface area contributed by atoms with Crippen molar-refractivity contribution in [2.75, 3.05) is 13.7 Å². The molecule has 1 heterocycles. The monoisotopic (exact) mass is 281 g/mol. The van der Waals surface area contributed by atoms with E-state index in [1.165, 1.54) is 19.2 Å². The van der Waals surface area contributed by atoms with Crippen LogP contribution >= 0.6 is 0 Å². The van der Waals surface area contributed by atoms with Crippen molar-refractivity contribution in [1.82, 2.24) is 5.32 Å². The van der Waals surface area contributed by atoms with Gasteiger partial charge in [0.05, 0.1) is 18.6 Å². The average Bonchev–Trinajstić information content (AvgIpc) is 2.88. The third-order valence-electron chi connectivity index (χ3n) is 3.43. The molecule has 1 aromatic carbocycles. The normalized spacial score (nSPS) is 21.6. The number of rotatable bonds is 4. The highest BCUT2D eigenvalue weighted by atomic mass is 16.5. The summed E-state index contributed by atoms with van der Waals surface area (Å²) in [5, 5.41) is 31.1. The average molecular weight is 281 g/mol. The fraction of sp³-hybridized carbons (Fsp3) is 0.385. The molecular weight excluding hydrogens is 266 g/mol. The fourth-order valence-electron chi connectivity index (χ4n) is 2.33. The molecule has 108 valence electrons. The van der Waals surface area contributed by atoms with Crippen molar-refractivity contribution in [3.05, 3.63) is 23.3 Å². The quantitative estimate of drug-likeness (QED) is 0.646. The van der Waals surface area contributed by atoms with Crippen molar-refractivity contribution in [3.63, 3.8) is 0 Å². The molecule has 7 heteroatoms. The maximum Gasteiger partial charge on any atom is 0.335 e. The van der Waals surface area contributed by atoms with Crippen LogP contribution in [0.1, 0.15) is 28.4 Å². The summed E-state index contributed by atoms with van der Waals surface area (Å²) in [7, 11) is 1.33. The van der Waals surface area contributed by atoms with Gasteiger partial charge in [0.2, 0.25) is 0 Å². The van der Waals surface area contributed by atoms with Gasteiger partial charge in [-0.05, 0) is 18.6 Å². The number of nitrogens with one attached hydrogen (secondary N) is 1. The Morgan fingerprint density at radius 3 is 2.55 bits per heavy atom. The number of carboxylic acid groups (broad SMARTS) is 2. The lowest BCUT2D eigenvalue weighted by atomic mass is 9.97. The molecule has 1 saturated heterocycles. The van der Waals surface area contributed by atoms with Crippen molar-refractivity contribution < 1.29 is 29.6 Å². The molecule has 4 N–H and O–H groups in total. The molecule has 2 rings (SSSR count). The van der Waals surface area contributed by atoms with Crippen molar-refractivity contribution in [2.45, 2.75) is 12.5 Å². The van der Waals surface area contributed by atoms with Crippen LogP contribution in [-0.2, 0) is 4.79 Å². The Labute approximate surface area is 114 Å². The van der Waals surface area contributed by atoms with E-state index in [1.54, 1.807) is 0 Å². The number of aromatic hydroxyl groups is 1. The first-order valence-electron chi connectivity index (χ1n) is 6.04. The highest BCUT2D eigenvalue weighted by molar-refractivity contribution is 5.89. The first kappa shape index (κ1) is 14.1. The fourth-order valence-corrected chi connectivity index (χ4v) is 2.33. The molecule has 0 aromatic heterocycles. The summed E-state index contributed by atoms with van der Waals surface area (Å²) in [6.45, 7) is 0.277. The van der Waals surface area contributed by atoms with E-state index < -0.39 is 23.9 Å². The van der Waals surface area contributed by atoms with Crippen molar-refractivity contribution >= 4 is 11.9 Å². The smallest absolute Gasteiger partial charge is 0.335 e. The van der Waals surface area contributed by atoms with Gasteiger partial charge in [-0.15, -0.1) is 0 Å². The zero-order chi connectivity index (χ0) is 14.9. The highest BCUT2D eigenvalue weighted by Gasteiger charge is 2.32. The van der Waals surface area contributed by atoms with E-state index in [1.807, 2.05) is 0 Å². The molecule has 2 atom stereocenters. The molecule has 1 aliphatic heterocycles. The Hall–Kier alpha value is -2.28. The first-order chi connectivity index (χ1) is 9.43. The van der Waals surface area contributed by atoms with Gasteiger partial charge in [-0.1, -0.05) is 0 Å². The molecule has 0 aliphatic carbocycles. The second kappa shape index (κ2) is 5.38. The molecular formula is C13H15NO6. The maximum atomic E-state index is 11.1. The minimum absolute atomic E-state index is 0.0183. The predicted octanol–water partition coefficient (Wildman–Crippen LogP) is 0.834. The van der Waals surface area contributed by atoms with Gasteiger partial charge in [0.25, 0.3) is 0 Å². The lowest BCUT2D eigenvalue weighted by Crippen LogP contribution is -2.17. The van der Waals surface area contributed by atoms with E-state index in [-0.39, 0.29) is 30.0 Å². The summed E-state index contributed by atoms with van der Waals surface area (Å²) in [5.74, 6) is -2.72. The number of phenols is 1. The van der Waals surface area contributed by atoms with E-state index in [0.717, 1.165) is 0 Å². The number of carboxylic acids is 2. The summed E-state index contributed by atoms with van der Waals surface area (Å²) in [4.78, 5) is 22.0. The van der Waals surface area contributed by atoms with Gasteiger partial charge in [0.15, 0.2) is 11.5 Å². The lowest BCUT2D eigenvalue weighted by molar-refractivity contribution is -0.141. The van der Waals surface area contributed by atoms with Gasteiger partial charge >= 0.3 is 11.9 Å². The Morgan fingerprint density at radius 2 is 2.05 bits per heavy atom. The van der Waals surface area contributed by atoms with Gasteiger partial charge in [0.1, 0.15) is 0 Å². The maximum absolute atomic E-state index is 11.1. The van der Waals surface area contributed by atoms with Crippen molar-refractivity contribution in [3.8, 4) is 11.5 Å². The van der Waals surface area contributed by atoms with E-state index in [0.29, 0.717) is 5.56 Å². The zero-order valence-electron chi connectivity index (χ0n) is 10.8. The standard InChI is InChI=1S/C13H15NO6/c1-20-10-4-6(12(16)17)2-8(11(10)15)9-3-7(5-14-9)13(18)19/h2,4,7,9,14-15H,3,5H2,1H3,(H,16,17)(H,18,19). The predicted molar refractivity (Wildman–Crippen MR) is 68.1 cm³/mol. The molecule has 0 bridgehead atoms. The van der Waals surface area contributed by atoms with Crippen LogP contribution in [0.3, 0.4) is 0 Å². The number of hydrogen-bond acceptors (Lipinski definition) is 5. The number of benzene rings is 1. The van der Waals surface area contributed by atoms with Crippen molar-refractivity contribution in [2.24, 2.45) is 5.92 Å². The minimum Gasteiger partial charge on any atom is -0.504 e. The van der Waals surface area contributed by atoms with Gasteiger partial charge in [-0.25, -0.2) is 4.79 Å². The lowest BCUT2D eigenvalue weighted by Gasteiger charge is -2.16. The third-order valence-corrected chi connectivity index (χ3v) is 3.43. The summed E-state index contributed by atoms with van der Waals surface area (Å²) < 4.78 is 4.95. The van der Waals surface area contributed by atoms with Crippen LogP contribution in [0.5, 0.6) is 11.5 Å². The van der Waals surface area contributed by atoms with Crippen molar-refractivity contribution in [1.29, 1.82) is 0 Å². The molecule has 7 nitrogen and oxygen atoms in total. The minimum atomic E-state index is -1.14. The first-order valence-corrected chi connectivity index (χ1v) is 6.04. The molecule has 0 radical (unpaired) electrons. The summed E-state index contributed by atoms with van der Waals surface area (Å²) in [6.07, 6.45) is 0.287. The SMILES string of the molecule is COc1cc(C(=O)O)cc(C2CC(C(=O)O)CN2)c1O. The number of hydrogen-bond donors (Lipinski definition) is 4. The molecule has 1 aliphatic rings. The van der Waals surface area contributed by atoms with Crippen LogP contribution in [0.2, 0.25) is 0 Å². The van der Waals surface area contributed by atoms with E-state index in [9.17, 15) is 14.7 Å². The molecule has 0 saturated carbocycles. The Balaban J connectivity index is 2.38. The molecule has 0 amide bonds. The van der Waals surface area contributed by atoms with Crippen LogP contribution in [0.15, 0.2) is 12.1 Å². The van der Waals surface area contributed by atoms with E-state index in [4.69, 9.17) is 14.9 Å². The topological polar surface area (TPSA) is 116 Å². The number of methoxy groups -OCH3 is 1. The number of ether oxygens (including phenoxy) is 1. The van der Waals surface area contributed by atoms with E-state index >= 15 is 0 Å². The van der Waals surface area contributed by atoms with Crippen LogP contribution in [-0.4, -0.2) is 40.9 Å². The number of carbonyl (C=O) groups is 2. The molecule has 1 fully saturated rings. The van der Waals surface area contributed by atoms with Gasteiger partial charge < -0.3 is 25.4 Å². The van der Waals surface area contributed by atoms with Gasteiger partial charge in [0, 0.05) is 18.2 Å². The zero-order valence-corrected chi connectivity index (χ0v) is 10.8. The molecule has 2 unspecified atom stereocenters. The Kier molecular flexibility index (Phi) is 3.80. The summed E-state index contributed by atoms with van der Waals surface area (Å²) >= 11 is 0. The highest BCUT2D eigenvalue weighted by Crippen LogP contribution is 2.39. The second-order valence-corrected chi connectivity index (χ2v) is 4.65. The summed E-state index contributed by atoms with van der Waals surface area (Å²) in [5.41, 5.74) is 0.320. The molecule has 0 spiro atoms. The molecule has 1 aromatic rings. The number of aliphatic carboxylic acids is 1. The van der Waals surface area contributed by atoms with Crippen LogP contribution in [0.4, 0.5) is 0 Å². The van der Waals surface area contributed by atoms with Crippen LogP contribution in [0, 0.1) is 5.92 Å². The summed E-state index contributed by atoms with van der Waals surface area (Å²) in [6, 6.07) is 2.15. The number of phenolic OH excluding ortho intramolecular Hbond substituents is 1. The second-order valence-electron chi connectivity index (χ2n) is 4.65. The van der Waals surface area contributed by atoms with Gasteiger partial charge in [-0.3, -0.25) is 4.79 Å². The van der Waals surface area contributed by atoms with Crippen LogP contribution in [0.25, 0.3) is 0 Å². The van der Waals surface area contributed by atoms with Crippen LogP contribution < -0.4 is 10.1 Å². The van der Waals surface area contributed by atoms with E-state index in [2.05, 4.69) is 5.32 Å². The Morgan fingerprint density at radius 1 is 1.35 bits per heavy atom. The third kappa shape index (κ3) is 2.53. The largest absolute Gasteiger partial charge is 0.504 e. The molecule has 20 heavy (non-hydrogen) atoms.